The van der Waals surface area contributed by atoms with Gasteiger partial charge in [0.1, 0.15) is 5.82 Å². The molecule has 0 saturated carbocycles. The van der Waals surface area contributed by atoms with Crippen molar-refractivity contribution in [1.29, 1.82) is 0 Å². The zero-order valence-electron chi connectivity index (χ0n) is 15.3. The minimum absolute atomic E-state index is 0.240. The summed E-state index contributed by atoms with van der Waals surface area (Å²) in [6, 6.07) is 10.3. The van der Waals surface area contributed by atoms with Gasteiger partial charge in [0.2, 0.25) is 5.95 Å². The van der Waals surface area contributed by atoms with Gasteiger partial charge < -0.3 is 19.9 Å². The summed E-state index contributed by atoms with van der Waals surface area (Å²) in [4.78, 5) is 24.6. The highest BCUT2D eigenvalue weighted by atomic mass is 16.6. The third kappa shape index (κ3) is 4.62. The third-order valence-corrected chi connectivity index (χ3v) is 4.34. The van der Waals surface area contributed by atoms with Crippen LogP contribution in [0.15, 0.2) is 36.5 Å². The summed E-state index contributed by atoms with van der Waals surface area (Å²) in [5.74, 6) is 1.48. The van der Waals surface area contributed by atoms with E-state index < -0.39 is 0 Å². The van der Waals surface area contributed by atoms with E-state index >= 15 is 0 Å². The number of nitrogens with one attached hydrogen (secondary N) is 1. The molecule has 7 heteroatoms. The van der Waals surface area contributed by atoms with Crippen molar-refractivity contribution >= 4 is 17.9 Å². The molecule has 1 aliphatic heterocycles. The second kappa shape index (κ2) is 8.51. The van der Waals surface area contributed by atoms with Crippen molar-refractivity contribution in [3.63, 3.8) is 0 Å². The molecular formula is C19H25N5O2. The highest BCUT2D eigenvalue weighted by molar-refractivity contribution is 5.68. The zero-order chi connectivity index (χ0) is 18.4. The molecule has 1 aliphatic rings. The van der Waals surface area contributed by atoms with Crippen LogP contribution in [0.2, 0.25) is 0 Å². The Bertz CT molecular complexity index is 727. The lowest BCUT2D eigenvalue weighted by atomic mass is 10.1. The van der Waals surface area contributed by atoms with Crippen LogP contribution in [-0.2, 0) is 11.3 Å². The molecule has 3 rings (SSSR count). The van der Waals surface area contributed by atoms with Gasteiger partial charge in [-0.3, -0.25) is 0 Å². The number of aryl methyl sites for hydroxylation is 1. The van der Waals surface area contributed by atoms with Gasteiger partial charge in [0.15, 0.2) is 0 Å². The molecule has 0 unspecified atom stereocenters. The number of aromatic nitrogens is 2. The van der Waals surface area contributed by atoms with Crippen molar-refractivity contribution in [3.05, 3.63) is 47.7 Å². The van der Waals surface area contributed by atoms with Gasteiger partial charge >= 0.3 is 6.09 Å². The first-order chi connectivity index (χ1) is 12.7. The molecule has 0 bridgehead atoms. The van der Waals surface area contributed by atoms with Gasteiger partial charge in [-0.1, -0.05) is 29.8 Å². The Labute approximate surface area is 154 Å². The number of anilines is 2. The molecule has 0 spiro atoms. The van der Waals surface area contributed by atoms with Gasteiger partial charge in [0, 0.05) is 38.9 Å². The molecule has 1 aromatic carbocycles. The van der Waals surface area contributed by atoms with Crippen LogP contribution in [-0.4, -0.2) is 53.7 Å². The number of carbonyl (C=O) groups excluding carboxylic acids is 1. The van der Waals surface area contributed by atoms with Gasteiger partial charge in [0.25, 0.3) is 0 Å². The molecule has 26 heavy (non-hydrogen) atoms. The Morgan fingerprint density at radius 2 is 1.88 bits per heavy atom. The maximum absolute atomic E-state index is 11.8. The number of piperazine rings is 1. The fourth-order valence-electron chi connectivity index (χ4n) is 2.83. The maximum Gasteiger partial charge on any atom is 0.409 e. The monoisotopic (exact) mass is 355 g/mol. The van der Waals surface area contributed by atoms with Crippen LogP contribution in [0.1, 0.15) is 18.1 Å². The molecule has 0 radical (unpaired) electrons. The minimum Gasteiger partial charge on any atom is -0.450 e. The van der Waals surface area contributed by atoms with Crippen LogP contribution in [0.4, 0.5) is 16.6 Å². The van der Waals surface area contributed by atoms with Crippen LogP contribution >= 0.6 is 0 Å². The van der Waals surface area contributed by atoms with Gasteiger partial charge in [-0.2, -0.15) is 4.98 Å². The number of benzene rings is 1. The Morgan fingerprint density at radius 3 is 2.58 bits per heavy atom. The number of hydrogen-bond acceptors (Lipinski definition) is 6. The lowest BCUT2D eigenvalue weighted by Gasteiger charge is -2.34. The summed E-state index contributed by atoms with van der Waals surface area (Å²) in [5.41, 5.74) is 2.43. The summed E-state index contributed by atoms with van der Waals surface area (Å²) < 4.78 is 5.06. The molecule has 138 valence electrons. The lowest BCUT2D eigenvalue weighted by molar-refractivity contribution is 0.105. The van der Waals surface area contributed by atoms with E-state index in [1.165, 1.54) is 11.1 Å². The molecular weight excluding hydrogens is 330 g/mol. The Balaban J connectivity index is 1.56. The quantitative estimate of drug-likeness (QED) is 0.889. The number of amides is 1. The lowest BCUT2D eigenvalue weighted by Crippen LogP contribution is -2.49. The predicted molar refractivity (Wildman–Crippen MR) is 101 cm³/mol. The Kier molecular flexibility index (Phi) is 5.88. The normalized spacial score (nSPS) is 14.2. The average molecular weight is 355 g/mol. The van der Waals surface area contributed by atoms with Gasteiger partial charge in [0.05, 0.1) is 6.61 Å². The summed E-state index contributed by atoms with van der Waals surface area (Å²) in [6.45, 7) is 7.71. The van der Waals surface area contributed by atoms with Crippen molar-refractivity contribution in [2.45, 2.75) is 20.4 Å². The zero-order valence-corrected chi connectivity index (χ0v) is 15.3. The summed E-state index contributed by atoms with van der Waals surface area (Å²) >= 11 is 0. The van der Waals surface area contributed by atoms with Gasteiger partial charge in [-0.25, -0.2) is 9.78 Å². The van der Waals surface area contributed by atoms with E-state index in [0.717, 1.165) is 18.9 Å². The highest BCUT2D eigenvalue weighted by Gasteiger charge is 2.22. The first-order valence-corrected chi connectivity index (χ1v) is 8.95. The first kappa shape index (κ1) is 18.0. The number of hydrogen-bond donors (Lipinski definition) is 1. The summed E-state index contributed by atoms with van der Waals surface area (Å²) in [6.07, 6.45) is 1.52. The van der Waals surface area contributed by atoms with Crippen LogP contribution in [0.3, 0.4) is 0 Å². The second-order valence-electron chi connectivity index (χ2n) is 6.25. The minimum atomic E-state index is -0.240. The van der Waals surface area contributed by atoms with Crippen molar-refractivity contribution in [2.75, 3.05) is 43.0 Å². The fourth-order valence-corrected chi connectivity index (χ4v) is 2.83. The van der Waals surface area contributed by atoms with E-state index in [4.69, 9.17) is 4.74 Å². The standard InChI is InChI=1S/C19H25N5O2/c1-3-26-19(25)24-12-10-23(11-13-24)17-8-9-20-18(22-17)21-14-16-6-4-15(2)5-7-16/h4-9H,3,10-14H2,1-2H3,(H,20,21,22). The Hall–Kier alpha value is -2.83. The average Bonchev–Trinajstić information content (AvgIpc) is 2.68. The molecule has 1 aromatic heterocycles. The van der Waals surface area contributed by atoms with E-state index in [-0.39, 0.29) is 6.09 Å². The van der Waals surface area contributed by atoms with Crippen LogP contribution in [0, 0.1) is 6.92 Å². The molecule has 0 aliphatic carbocycles. The largest absolute Gasteiger partial charge is 0.450 e. The predicted octanol–water partition coefficient (Wildman–Crippen LogP) is 2.68. The van der Waals surface area contributed by atoms with Crippen LogP contribution < -0.4 is 10.2 Å². The van der Waals surface area contributed by atoms with Crippen LogP contribution in [0.25, 0.3) is 0 Å². The van der Waals surface area contributed by atoms with E-state index in [2.05, 4.69) is 51.4 Å². The molecule has 1 fully saturated rings. The summed E-state index contributed by atoms with van der Waals surface area (Å²) in [5, 5.41) is 3.27. The topological polar surface area (TPSA) is 70.6 Å². The van der Waals surface area contributed by atoms with Crippen LogP contribution in [0.5, 0.6) is 0 Å². The van der Waals surface area contributed by atoms with Crippen molar-refractivity contribution in [1.82, 2.24) is 14.9 Å². The smallest absolute Gasteiger partial charge is 0.409 e. The van der Waals surface area contributed by atoms with E-state index in [1.54, 1.807) is 11.1 Å². The second-order valence-corrected chi connectivity index (χ2v) is 6.25. The van der Waals surface area contributed by atoms with Gasteiger partial charge in [-0.05, 0) is 25.5 Å². The van der Waals surface area contributed by atoms with E-state index in [1.807, 2.05) is 13.0 Å². The van der Waals surface area contributed by atoms with E-state index in [0.29, 0.717) is 32.2 Å². The summed E-state index contributed by atoms with van der Waals surface area (Å²) in [7, 11) is 0. The van der Waals surface area contributed by atoms with Crippen molar-refractivity contribution in [3.8, 4) is 0 Å². The molecule has 1 amide bonds. The fraction of sp³-hybridized carbons (Fsp3) is 0.421. The number of carbonyl (C=O) groups is 1. The van der Waals surface area contributed by atoms with Crippen molar-refractivity contribution < 1.29 is 9.53 Å². The number of nitrogens with zero attached hydrogens (tertiary/aromatic N) is 4. The molecule has 0 atom stereocenters. The molecule has 2 aromatic rings. The number of rotatable bonds is 5. The molecule has 2 heterocycles. The number of ether oxygens (including phenoxy) is 1. The Morgan fingerprint density at radius 1 is 1.15 bits per heavy atom. The molecule has 1 saturated heterocycles. The van der Waals surface area contributed by atoms with E-state index in [9.17, 15) is 4.79 Å². The first-order valence-electron chi connectivity index (χ1n) is 8.95. The SMILES string of the molecule is CCOC(=O)N1CCN(c2ccnc(NCc3ccc(C)cc3)n2)CC1. The van der Waals surface area contributed by atoms with Gasteiger partial charge in [-0.15, -0.1) is 0 Å². The van der Waals surface area contributed by atoms with Crippen molar-refractivity contribution in [2.24, 2.45) is 0 Å². The third-order valence-electron chi connectivity index (χ3n) is 4.34. The highest BCUT2D eigenvalue weighted by Crippen LogP contribution is 2.16. The molecule has 7 nitrogen and oxygen atoms in total. The maximum atomic E-state index is 11.8. The molecule has 1 N–H and O–H groups in total.